The molecule has 0 amide bonds. The second-order valence-electron chi connectivity index (χ2n) is 4.97. The molecule has 3 unspecified atom stereocenters. The standard InChI is InChI=1S/C12H25NO3/c1-10(4-6-15-3)12(2,14)8-11-9-16-7-5-13-11/h10-11,13-14H,4-9H2,1-3H3. The van der Waals surface area contributed by atoms with Crippen molar-refractivity contribution in [2.75, 3.05) is 33.5 Å². The third kappa shape index (κ3) is 4.37. The highest BCUT2D eigenvalue weighted by molar-refractivity contribution is 4.86. The Balaban J connectivity index is 2.35. The second kappa shape index (κ2) is 6.55. The van der Waals surface area contributed by atoms with Crippen molar-refractivity contribution in [2.24, 2.45) is 5.92 Å². The molecule has 0 aliphatic carbocycles. The van der Waals surface area contributed by atoms with E-state index in [0.717, 1.165) is 26.0 Å². The van der Waals surface area contributed by atoms with Crippen molar-refractivity contribution in [3.8, 4) is 0 Å². The summed E-state index contributed by atoms with van der Waals surface area (Å²) in [5.41, 5.74) is -0.656. The summed E-state index contributed by atoms with van der Waals surface area (Å²) in [6.07, 6.45) is 1.62. The molecule has 1 fully saturated rings. The summed E-state index contributed by atoms with van der Waals surface area (Å²) in [5, 5.41) is 13.8. The lowest BCUT2D eigenvalue weighted by Gasteiger charge is -2.35. The maximum absolute atomic E-state index is 10.4. The first-order chi connectivity index (χ1) is 7.56. The van der Waals surface area contributed by atoms with Gasteiger partial charge in [-0.05, 0) is 25.7 Å². The van der Waals surface area contributed by atoms with Crippen LogP contribution in [0.5, 0.6) is 0 Å². The van der Waals surface area contributed by atoms with Crippen LogP contribution in [0.25, 0.3) is 0 Å². The van der Waals surface area contributed by atoms with Crippen molar-refractivity contribution in [1.29, 1.82) is 0 Å². The first-order valence-corrected chi connectivity index (χ1v) is 6.08. The van der Waals surface area contributed by atoms with E-state index in [-0.39, 0.29) is 12.0 Å². The van der Waals surface area contributed by atoms with Crippen LogP contribution in [0.1, 0.15) is 26.7 Å². The van der Waals surface area contributed by atoms with Crippen molar-refractivity contribution >= 4 is 0 Å². The fraction of sp³-hybridized carbons (Fsp3) is 1.00. The summed E-state index contributed by atoms with van der Waals surface area (Å²) in [6.45, 7) is 7.04. The van der Waals surface area contributed by atoms with Gasteiger partial charge in [-0.2, -0.15) is 0 Å². The van der Waals surface area contributed by atoms with Crippen LogP contribution in [0.15, 0.2) is 0 Å². The van der Waals surface area contributed by atoms with Gasteiger partial charge in [0, 0.05) is 26.3 Å². The first-order valence-electron chi connectivity index (χ1n) is 6.08. The van der Waals surface area contributed by atoms with Gasteiger partial charge in [-0.3, -0.25) is 0 Å². The topological polar surface area (TPSA) is 50.7 Å². The summed E-state index contributed by atoms with van der Waals surface area (Å²) in [7, 11) is 1.69. The summed E-state index contributed by atoms with van der Waals surface area (Å²) in [6, 6.07) is 0.272. The van der Waals surface area contributed by atoms with Crippen LogP contribution >= 0.6 is 0 Å². The lowest BCUT2D eigenvalue weighted by Crippen LogP contribution is -2.48. The summed E-state index contributed by atoms with van der Waals surface area (Å²) in [5.74, 6) is 0.233. The van der Waals surface area contributed by atoms with Crippen LogP contribution in [0, 0.1) is 5.92 Å². The predicted octanol–water partition coefficient (Wildman–Crippen LogP) is 0.788. The van der Waals surface area contributed by atoms with Crippen LogP contribution < -0.4 is 5.32 Å². The molecule has 0 aromatic rings. The minimum atomic E-state index is -0.656. The van der Waals surface area contributed by atoms with Crippen molar-refractivity contribution in [2.45, 2.75) is 38.3 Å². The van der Waals surface area contributed by atoms with Crippen LogP contribution in [-0.4, -0.2) is 50.2 Å². The van der Waals surface area contributed by atoms with E-state index < -0.39 is 5.60 Å². The monoisotopic (exact) mass is 231 g/mol. The maximum Gasteiger partial charge on any atom is 0.0661 e. The van der Waals surface area contributed by atoms with Crippen LogP contribution in [0.2, 0.25) is 0 Å². The van der Waals surface area contributed by atoms with E-state index in [1.807, 2.05) is 6.92 Å². The number of hydrogen-bond acceptors (Lipinski definition) is 4. The molecule has 0 saturated carbocycles. The zero-order chi connectivity index (χ0) is 12.0. The van der Waals surface area contributed by atoms with Gasteiger partial charge in [0.2, 0.25) is 0 Å². The molecule has 3 atom stereocenters. The van der Waals surface area contributed by atoms with Gasteiger partial charge in [0.1, 0.15) is 0 Å². The first kappa shape index (κ1) is 13.9. The Morgan fingerprint density at radius 3 is 2.94 bits per heavy atom. The molecule has 1 saturated heterocycles. The molecular formula is C12H25NO3. The highest BCUT2D eigenvalue weighted by atomic mass is 16.5. The van der Waals surface area contributed by atoms with Gasteiger partial charge in [0.25, 0.3) is 0 Å². The number of ether oxygens (including phenoxy) is 2. The van der Waals surface area contributed by atoms with Gasteiger partial charge >= 0.3 is 0 Å². The highest BCUT2D eigenvalue weighted by Gasteiger charge is 2.31. The highest BCUT2D eigenvalue weighted by Crippen LogP contribution is 2.25. The van der Waals surface area contributed by atoms with E-state index in [1.165, 1.54) is 0 Å². The number of methoxy groups -OCH3 is 1. The fourth-order valence-corrected chi connectivity index (χ4v) is 2.06. The SMILES string of the molecule is COCCC(C)C(C)(O)CC1COCCN1. The number of nitrogens with one attached hydrogen (secondary N) is 1. The minimum absolute atomic E-state index is 0.233. The average Bonchev–Trinajstić information content (AvgIpc) is 2.26. The maximum atomic E-state index is 10.4. The Bertz CT molecular complexity index is 191. The van der Waals surface area contributed by atoms with Gasteiger partial charge in [0.05, 0.1) is 18.8 Å². The number of hydrogen-bond donors (Lipinski definition) is 2. The Hall–Kier alpha value is -0.160. The van der Waals surface area contributed by atoms with Crippen LogP contribution in [-0.2, 0) is 9.47 Å². The van der Waals surface area contributed by atoms with Gasteiger partial charge in [-0.15, -0.1) is 0 Å². The number of rotatable bonds is 6. The molecule has 2 N–H and O–H groups in total. The molecule has 0 bridgehead atoms. The molecule has 0 aromatic carbocycles. The molecule has 1 aliphatic heterocycles. The van der Waals surface area contributed by atoms with Gasteiger partial charge in [-0.25, -0.2) is 0 Å². The van der Waals surface area contributed by atoms with E-state index in [2.05, 4.69) is 12.2 Å². The van der Waals surface area contributed by atoms with E-state index >= 15 is 0 Å². The summed E-state index contributed by atoms with van der Waals surface area (Å²) in [4.78, 5) is 0. The third-order valence-electron chi connectivity index (χ3n) is 3.47. The van der Waals surface area contributed by atoms with Crippen molar-refractivity contribution < 1.29 is 14.6 Å². The lowest BCUT2D eigenvalue weighted by molar-refractivity contribution is -0.0369. The average molecular weight is 231 g/mol. The summed E-state index contributed by atoms with van der Waals surface area (Å²) >= 11 is 0. The molecule has 16 heavy (non-hydrogen) atoms. The quantitative estimate of drug-likeness (QED) is 0.709. The van der Waals surface area contributed by atoms with E-state index in [9.17, 15) is 5.11 Å². The molecule has 1 heterocycles. The molecule has 4 heteroatoms. The lowest BCUT2D eigenvalue weighted by atomic mass is 9.83. The fourth-order valence-electron chi connectivity index (χ4n) is 2.06. The molecule has 1 aliphatic rings. The zero-order valence-electron chi connectivity index (χ0n) is 10.7. The van der Waals surface area contributed by atoms with Crippen molar-refractivity contribution in [1.82, 2.24) is 5.32 Å². The Morgan fingerprint density at radius 2 is 2.38 bits per heavy atom. The van der Waals surface area contributed by atoms with Crippen LogP contribution in [0.3, 0.4) is 0 Å². The van der Waals surface area contributed by atoms with Gasteiger partial charge in [-0.1, -0.05) is 6.92 Å². The molecule has 4 nitrogen and oxygen atoms in total. The van der Waals surface area contributed by atoms with Gasteiger partial charge < -0.3 is 19.9 Å². The Labute approximate surface area is 98.3 Å². The summed E-state index contributed by atoms with van der Waals surface area (Å²) < 4.78 is 10.4. The van der Waals surface area contributed by atoms with E-state index in [4.69, 9.17) is 9.47 Å². The Morgan fingerprint density at radius 1 is 1.62 bits per heavy atom. The predicted molar refractivity (Wildman–Crippen MR) is 63.5 cm³/mol. The smallest absolute Gasteiger partial charge is 0.0661 e. The van der Waals surface area contributed by atoms with Crippen molar-refractivity contribution in [3.63, 3.8) is 0 Å². The van der Waals surface area contributed by atoms with E-state index in [1.54, 1.807) is 7.11 Å². The normalized spacial score (nSPS) is 27.4. The van der Waals surface area contributed by atoms with E-state index in [0.29, 0.717) is 13.2 Å². The van der Waals surface area contributed by atoms with Crippen molar-refractivity contribution in [3.05, 3.63) is 0 Å². The van der Waals surface area contributed by atoms with Crippen LogP contribution in [0.4, 0.5) is 0 Å². The molecule has 0 aromatic heterocycles. The molecule has 0 spiro atoms. The minimum Gasteiger partial charge on any atom is -0.390 e. The molecule has 1 rings (SSSR count). The molecule has 96 valence electrons. The van der Waals surface area contributed by atoms with Gasteiger partial charge in [0.15, 0.2) is 0 Å². The molecular weight excluding hydrogens is 206 g/mol. The zero-order valence-corrected chi connectivity index (χ0v) is 10.7. The third-order valence-corrected chi connectivity index (χ3v) is 3.47. The molecule has 0 radical (unpaired) electrons. The number of morpholine rings is 1. The second-order valence-corrected chi connectivity index (χ2v) is 4.97. The largest absolute Gasteiger partial charge is 0.390 e. The Kier molecular flexibility index (Phi) is 5.69. The number of aliphatic hydroxyl groups is 1.